The number of benzene rings is 2. The number of nitrogens with one attached hydrogen (secondary N) is 1. The number of hydrogen-bond donors (Lipinski definition) is 1. The summed E-state index contributed by atoms with van der Waals surface area (Å²) < 4.78 is 48.9. The quantitative estimate of drug-likeness (QED) is 0.156. The number of rotatable bonds is 4. The van der Waals surface area contributed by atoms with E-state index in [0.29, 0.717) is 50.0 Å². The molecule has 0 saturated carbocycles. The van der Waals surface area contributed by atoms with Crippen LogP contribution < -0.4 is 118 Å². The molecule has 2 amide bonds. The number of anilines is 1. The minimum Gasteiger partial charge on any atom is -1.00 e. The molecule has 2 heterocycles. The van der Waals surface area contributed by atoms with E-state index in [1.165, 1.54) is 12.1 Å². The van der Waals surface area contributed by atoms with Crippen LogP contribution in [-0.2, 0) is 19.2 Å². The summed E-state index contributed by atoms with van der Waals surface area (Å²) in [5.74, 6) is -2.36. The van der Waals surface area contributed by atoms with Gasteiger partial charge in [0.1, 0.15) is 29.6 Å². The largest absolute Gasteiger partial charge is 1.00 e. The van der Waals surface area contributed by atoms with Crippen molar-refractivity contribution in [1.29, 1.82) is 0 Å². The van der Waals surface area contributed by atoms with Crippen molar-refractivity contribution in [3.8, 4) is 0 Å². The first kappa shape index (κ1) is 51.7. The smallest absolute Gasteiger partial charge is 1.00 e. The third-order valence-corrected chi connectivity index (χ3v) is 6.27. The molecule has 0 unspecified atom stereocenters. The van der Waals surface area contributed by atoms with E-state index in [2.05, 4.69) is 10.2 Å². The molecule has 2 aliphatic rings. The van der Waals surface area contributed by atoms with Crippen LogP contribution in [0.3, 0.4) is 0 Å². The Balaban J connectivity index is -0.000000686. The summed E-state index contributed by atoms with van der Waals surface area (Å²) in [4.78, 5) is 60.6. The van der Waals surface area contributed by atoms with E-state index in [-0.39, 0.29) is 134 Å². The second-order valence-corrected chi connectivity index (χ2v) is 12.5. The van der Waals surface area contributed by atoms with Gasteiger partial charge in [0, 0.05) is 63.5 Å². The van der Waals surface area contributed by atoms with Gasteiger partial charge < -0.3 is 41.1 Å². The van der Waals surface area contributed by atoms with Crippen molar-refractivity contribution in [2.24, 2.45) is 0 Å². The van der Waals surface area contributed by atoms with Gasteiger partial charge in [-0.05, 0) is 77.9 Å². The van der Waals surface area contributed by atoms with Crippen LogP contribution in [0.1, 0.15) is 63.7 Å². The molecule has 274 valence electrons. The van der Waals surface area contributed by atoms with Gasteiger partial charge in [-0.3, -0.25) is 14.4 Å². The van der Waals surface area contributed by atoms with Crippen LogP contribution in [0.4, 0.5) is 28.4 Å². The Labute approximate surface area is 383 Å². The second-order valence-electron chi connectivity index (χ2n) is 12.5. The van der Waals surface area contributed by atoms with Gasteiger partial charge in [-0.2, -0.15) is 0 Å². The Hall–Kier alpha value is -1.43. The van der Waals surface area contributed by atoms with Crippen molar-refractivity contribution in [3.63, 3.8) is 0 Å². The van der Waals surface area contributed by atoms with E-state index in [1.54, 1.807) is 21.9 Å². The zero-order valence-corrected chi connectivity index (χ0v) is 36.7. The Bertz CT molecular complexity index is 1390. The molecular formula is C33H45F3K2N4O9. The van der Waals surface area contributed by atoms with Crippen molar-refractivity contribution in [1.82, 2.24) is 15.1 Å². The fraction of sp³-hybridized carbons (Fsp3) is 0.485. The van der Waals surface area contributed by atoms with Crippen LogP contribution >= 0.6 is 0 Å². The van der Waals surface area contributed by atoms with Crippen LogP contribution in [0.2, 0.25) is 0 Å². The average Bonchev–Trinajstić information content (AvgIpc) is 3.05. The van der Waals surface area contributed by atoms with E-state index >= 15 is 0 Å². The molecule has 2 fully saturated rings. The monoisotopic (exact) mass is 776 g/mol. The van der Waals surface area contributed by atoms with E-state index in [9.17, 15) is 32.3 Å². The number of halogens is 3. The van der Waals surface area contributed by atoms with Crippen LogP contribution in [-0.4, -0.2) is 105 Å². The van der Waals surface area contributed by atoms with Gasteiger partial charge in [-0.1, -0.05) is 0 Å². The summed E-state index contributed by atoms with van der Waals surface area (Å²) in [5, 5.41) is 11.6. The standard InChI is InChI=1S/C16H21FN2O3.C9H18N2O2.C7H4F2O.CH2O3.2K.H/c1-16(2,3)22-15(21)19-8-6-18(7-9-19)14-5-4-12(11-20)10-13(14)17;1-9(2,3)13-8(12)11-6-4-10-5-7-11;8-6-2-1-5(4-10)3-7(6)9;2-1-4-3;;;/h4-5,10-11H,6-9H2,1-3H3;10H,4-7H2,1-3H3;1-4H;1,3H;;;/q;;;;2*+1;-1/p-1. The molecule has 2 aromatic carbocycles. The fourth-order valence-corrected chi connectivity index (χ4v) is 4.07. The minimum atomic E-state index is -0.996. The van der Waals surface area contributed by atoms with Gasteiger partial charge in [0.2, 0.25) is 0 Å². The Morgan fingerprint density at radius 3 is 1.49 bits per heavy atom. The van der Waals surface area contributed by atoms with E-state index < -0.39 is 23.1 Å². The molecule has 4 rings (SSSR count). The van der Waals surface area contributed by atoms with Gasteiger partial charge in [0.15, 0.2) is 11.6 Å². The summed E-state index contributed by atoms with van der Waals surface area (Å²) in [7, 11) is 0. The first-order valence-corrected chi connectivity index (χ1v) is 15.2. The van der Waals surface area contributed by atoms with Crippen LogP contribution in [0.5, 0.6) is 0 Å². The Morgan fingerprint density at radius 2 is 1.12 bits per heavy atom. The minimum absolute atomic E-state index is 0. The summed E-state index contributed by atoms with van der Waals surface area (Å²) in [6, 6.07) is 7.39. The van der Waals surface area contributed by atoms with E-state index in [4.69, 9.17) is 19.5 Å². The number of piperazine rings is 2. The molecule has 2 saturated heterocycles. The molecule has 0 aliphatic carbocycles. The van der Waals surface area contributed by atoms with Gasteiger partial charge in [-0.25, -0.2) is 22.8 Å². The van der Waals surface area contributed by atoms with Gasteiger partial charge in [0.05, 0.1) is 5.69 Å². The van der Waals surface area contributed by atoms with Gasteiger partial charge in [-0.15, -0.1) is 0 Å². The molecule has 18 heteroatoms. The third-order valence-electron chi connectivity index (χ3n) is 6.27. The molecule has 13 nitrogen and oxygen atoms in total. The molecule has 0 aromatic heterocycles. The zero-order chi connectivity index (χ0) is 37.2. The van der Waals surface area contributed by atoms with Crippen molar-refractivity contribution in [3.05, 3.63) is 65.0 Å². The van der Waals surface area contributed by atoms with Crippen LogP contribution in [0.15, 0.2) is 36.4 Å². The summed E-state index contributed by atoms with van der Waals surface area (Å²) in [5.41, 5.74) is -0.00517. The SMILES string of the molecule is CC(C)(C)OC(=O)N1CCN(c2ccc(C=O)cc2F)CC1.CC(C)(C)OC(=O)N1CCNCC1.O=CO[O-].O=Cc1ccc(F)c(F)c1.[H-].[K+].[K+]. The molecule has 0 atom stereocenters. The number of carbonyl (C=O) groups excluding carboxylic acids is 5. The van der Waals surface area contributed by atoms with Crippen molar-refractivity contribution >= 4 is 36.9 Å². The number of aldehydes is 2. The Morgan fingerprint density at radius 1 is 0.706 bits per heavy atom. The van der Waals surface area contributed by atoms with E-state index in [1.807, 2.05) is 46.4 Å². The maximum absolute atomic E-state index is 14.0. The summed E-state index contributed by atoms with van der Waals surface area (Å²) in [6.45, 7) is 16.2. The third kappa shape index (κ3) is 21.8. The second kappa shape index (κ2) is 26.4. The topological polar surface area (TPSA) is 158 Å². The average molecular weight is 777 g/mol. The summed E-state index contributed by atoms with van der Waals surface area (Å²) >= 11 is 0. The molecule has 0 bridgehead atoms. The molecule has 2 aromatic rings. The first-order chi connectivity index (χ1) is 22.9. The first-order valence-electron chi connectivity index (χ1n) is 15.2. The number of ether oxygens (including phenoxy) is 2. The normalized spacial score (nSPS) is 13.7. The zero-order valence-electron chi connectivity index (χ0n) is 31.5. The van der Waals surface area contributed by atoms with Crippen molar-refractivity contribution in [2.45, 2.75) is 52.7 Å². The number of nitrogens with zero attached hydrogens (tertiary/aromatic N) is 3. The predicted molar refractivity (Wildman–Crippen MR) is 172 cm³/mol. The molecule has 51 heavy (non-hydrogen) atoms. The fourth-order valence-electron chi connectivity index (χ4n) is 4.07. The van der Waals surface area contributed by atoms with Gasteiger partial charge >= 0.3 is 115 Å². The van der Waals surface area contributed by atoms with Crippen LogP contribution in [0, 0.1) is 17.5 Å². The summed E-state index contributed by atoms with van der Waals surface area (Å²) in [6.07, 6.45) is 0.536. The van der Waals surface area contributed by atoms with Crippen LogP contribution in [0.25, 0.3) is 0 Å². The molecule has 2 aliphatic heterocycles. The predicted octanol–water partition coefficient (Wildman–Crippen LogP) is -2.15. The maximum Gasteiger partial charge on any atom is 1.00 e. The number of carbonyl (C=O) groups is 5. The number of amides is 2. The Kier molecular flexibility index (Phi) is 26.7. The number of hydrogen-bond acceptors (Lipinski definition) is 11. The molecule has 0 spiro atoms. The maximum atomic E-state index is 14.0. The molecule has 1 N–H and O–H groups in total. The van der Waals surface area contributed by atoms with Gasteiger partial charge in [0.25, 0.3) is 6.47 Å². The van der Waals surface area contributed by atoms with Crippen molar-refractivity contribution in [2.75, 3.05) is 57.3 Å². The molecule has 0 radical (unpaired) electrons. The van der Waals surface area contributed by atoms with E-state index in [0.717, 1.165) is 38.3 Å². The molecular weight excluding hydrogens is 732 g/mol. The van der Waals surface area contributed by atoms with Crippen molar-refractivity contribution < 1.29 is 161 Å².